The quantitative estimate of drug-likeness (QED) is 0.357. The average Bonchev–Trinajstić information content (AvgIpc) is 2.56. The summed E-state index contributed by atoms with van der Waals surface area (Å²) in [5.41, 5.74) is 1.42. The maximum Gasteiger partial charge on any atom is 0.339 e. The molecule has 1 aromatic carbocycles. The minimum absolute atomic E-state index is 0.307. The molecule has 0 spiro atoms. The molecule has 0 aliphatic carbocycles. The van der Waals surface area contributed by atoms with Gasteiger partial charge in [0, 0.05) is 18.7 Å². The minimum atomic E-state index is -0.307. The van der Waals surface area contributed by atoms with Crippen LogP contribution in [0.1, 0.15) is 61.7 Å². The van der Waals surface area contributed by atoms with Crippen LogP contribution in [0.25, 0.3) is 0 Å². The summed E-state index contributed by atoms with van der Waals surface area (Å²) in [6, 6.07) is 7.42. The molecule has 0 aromatic heterocycles. The number of anilines is 1. The van der Waals surface area contributed by atoms with Crippen molar-refractivity contribution in [3.63, 3.8) is 0 Å². The molecule has 4 heteroatoms. The average molecular weight is 305 g/mol. The molecule has 0 fully saturated rings. The van der Waals surface area contributed by atoms with Crippen LogP contribution in [-0.2, 0) is 9.53 Å². The largest absolute Gasteiger partial charge is 0.465 e. The molecule has 0 aliphatic heterocycles. The highest BCUT2D eigenvalue weighted by Crippen LogP contribution is 2.16. The number of carbonyl (C=O) groups is 2. The van der Waals surface area contributed by atoms with Gasteiger partial charge in [-0.15, -0.1) is 0 Å². The van der Waals surface area contributed by atoms with Gasteiger partial charge in [0.25, 0.3) is 0 Å². The summed E-state index contributed by atoms with van der Waals surface area (Å²) >= 11 is 0. The monoisotopic (exact) mass is 305 g/mol. The molecule has 0 atom stereocenters. The normalized spacial score (nSPS) is 10.2. The highest BCUT2D eigenvalue weighted by atomic mass is 16.5. The number of para-hydroxylation sites is 1. The van der Waals surface area contributed by atoms with Crippen LogP contribution in [0, 0.1) is 0 Å². The predicted molar refractivity (Wildman–Crippen MR) is 89.3 cm³/mol. The molecule has 0 saturated carbocycles. The first-order chi connectivity index (χ1) is 10.8. The number of hydrogen-bond donors (Lipinski definition) is 1. The van der Waals surface area contributed by atoms with E-state index in [1.165, 1.54) is 32.8 Å². The number of hydrogen-bond acceptors (Lipinski definition) is 4. The van der Waals surface area contributed by atoms with Crippen molar-refractivity contribution >= 4 is 17.9 Å². The van der Waals surface area contributed by atoms with Gasteiger partial charge in [0.15, 0.2) is 0 Å². The summed E-state index contributed by atoms with van der Waals surface area (Å²) in [6.07, 6.45) is 9.82. The van der Waals surface area contributed by atoms with E-state index in [1.54, 1.807) is 6.07 Å². The summed E-state index contributed by atoms with van der Waals surface area (Å²) in [6.45, 7) is 0.860. The van der Waals surface area contributed by atoms with Crippen LogP contribution < -0.4 is 5.32 Å². The number of methoxy groups -OCH3 is 1. The highest BCUT2D eigenvalue weighted by Gasteiger charge is 2.09. The number of ether oxygens (including phenoxy) is 1. The van der Waals surface area contributed by atoms with E-state index in [4.69, 9.17) is 4.74 Å². The van der Waals surface area contributed by atoms with Crippen molar-refractivity contribution in [2.24, 2.45) is 0 Å². The number of nitrogens with one attached hydrogen (secondary N) is 1. The molecule has 1 N–H and O–H groups in total. The lowest BCUT2D eigenvalue weighted by molar-refractivity contribution is -0.107. The third kappa shape index (κ3) is 7.25. The van der Waals surface area contributed by atoms with Crippen molar-refractivity contribution in [3.05, 3.63) is 29.8 Å². The van der Waals surface area contributed by atoms with E-state index < -0.39 is 0 Å². The maximum atomic E-state index is 11.6. The van der Waals surface area contributed by atoms with Gasteiger partial charge in [0.1, 0.15) is 6.29 Å². The Morgan fingerprint density at radius 3 is 2.36 bits per heavy atom. The highest BCUT2D eigenvalue weighted by molar-refractivity contribution is 5.95. The number of benzene rings is 1. The van der Waals surface area contributed by atoms with Crippen LogP contribution in [0.15, 0.2) is 24.3 Å². The predicted octanol–water partition coefficient (Wildman–Crippen LogP) is 4.20. The molecule has 0 saturated heterocycles. The third-order valence-corrected chi connectivity index (χ3v) is 3.65. The van der Waals surface area contributed by atoms with Gasteiger partial charge in [-0.2, -0.15) is 0 Å². The van der Waals surface area contributed by atoms with Gasteiger partial charge < -0.3 is 14.8 Å². The molecule has 0 aliphatic rings. The molecule has 0 amide bonds. The molecule has 0 radical (unpaired) electrons. The summed E-state index contributed by atoms with van der Waals surface area (Å²) in [4.78, 5) is 21.8. The Morgan fingerprint density at radius 2 is 1.68 bits per heavy atom. The lowest BCUT2D eigenvalue weighted by atomic mass is 10.1. The Kier molecular flexibility index (Phi) is 9.75. The number of unbranched alkanes of at least 4 members (excludes halogenated alkanes) is 7. The lowest BCUT2D eigenvalue weighted by Gasteiger charge is -2.10. The van der Waals surface area contributed by atoms with E-state index in [1.807, 2.05) is 18.2 Å². The Bertz CT molecular complexity index is 446. The number of rotatable bonds is 12. The van der Waals surface area contributed by atoms with E-state index in [9.17, 15) is 9.59 Å². The van der Waals surface area contributed by atoms with Crippen molar-refractivity contribution in [2.75, 3.05) is 19.0 Å². The van der Waals surface area contributed by atoms with Crippen molar-refractivity contribution < 1.29 is 14.3 Å². The summed E-state index contributed by atoms with van der Waals surface area (Å²) < 4.78 is 4.78. The van der Waals surface area contributed by atoms with E-state index in [2.05, 4.69) is 5.32 Å². The zero-order valence-electron chi connectivity index (χ0n) is 13.5. The first-order valence-corrected chi connectivity index (χ1v) is 8.14. The van der Waals surface area contributed by atoms with Gasteiger partial charge in [-0.05, 0) is 25.0 Å². The molecular weight excluding hydrogens is 278 g/mol. The Balaban J connectivity index is 2.12. The minimum Gasteiger partial charge on any atom is -0.465 e. The van der Waals surface area contributed by atoms with Crippen molar-refractivity contribution in [1.29, 1.82) is 0 Å². The topological polar surface area (TPSA) is 55.4 Å². The molecule has 0 bridgehead atoms. The van der Waals surface area contributed by atoms with E-state index >= 15 is 0 Å². The first kappa shape index (κ1) is 18.2. The van der Waals surface area contributed by atoms with Crippen LogP contribution in [-0.4, -0.2) is 25.9 Å². The second-order valence-electron chi connectivity index (χ2n) is 5.39. The Morgan fingerprint density at radius 1 is 1.05 bits per heavy atom. The number of aldehydes is 1. The smallest absolute Gasteiger partial charge is 0.339 e. The fraction of sp³-hybridized carbons (Fsp3) is 0.556. The van der Waals surface area contributed by atoms with E-state index in [-0.39, 0.29) is 5.97 Å². The molecule has 4 nitrogen and oxygen atoms in total. The molecule has 1 aromatic rings. The molecular formula is C18H27NO3. The van der Waals surface area contributed by atoms with E-state index in [0.717, 1.165) is 37.8 Å². The van der Waals surface area contributed by atoms with Crippen LogP contribution >= 0.6 is 0 Å². The summed E-state index contributed by atoms with van der Waals surface area (Å²) in [7, 11) is 1.40. The molecule has 0 unspecified atom stereocenters. The van der Waals surface area contributed by atoms with Crippen molar-refractivity contribution in [2.45, 2.75) is 51.4 Å². The van der Waals surface area contributed by atoms with Gasteiger partial charge in [0.05, 0.1) is 12.7 Å². The Hall–Kier alpha value is -1.84. The van der Waals surface area contributed by atoms with E-state index in [0.29, 0.717) is 12.0 Å². The lowest BCUT2D eigenvalue weighted by Crippen LogP contribution is -2.09. The van der Waals surface area contributed by atoms with Gasteiger partial charge in [0.2, 0.25) is 0 Å². The standard InChI is InChI=1S/C18H27NO3/c1-22-18(21)16-12-8-9-13-17(16)19-14-10-6-4-2-3-5-7-11-15-20/h8-9,12-13,15,19H,2-7,10-11,14H2,1H3. The summed E-state index contributed by atoms with van der Waals surface area (Å²) in [5.74, 6) is -0.307. The fourth-order valence-corrected chi connectivity index (χ4v) is 2.38. The molecule has 122 valence electrons. The fourth-order valence-electron chi connectivity index (χ4n) is 2.38. The zero-order chi connectivity index (χ0) is 16.0. The van der Waals surface area contributed by atoms with Crippen LogP contribution in [0.4, 0.5) is 5.69 Å². The number of esters is 1. The SMILES string of the molecule is COC(=O)c1ccccc1NCCCCCCCCCC=O. The first-order valence-electron chi connectivity index (χ1n) is 8.14. The second-order valence-corrected chi connectivity index (χ2v) is 5.39. The van der Waals surface area contributed by atoms with Gasteiger partial charge in [-0.25, -0.2) is 4.79 Å². The number of carbonyl (C=O) groups excluding carboxylic acids is 2. The van der Waals surface area contributed by atoms with Gasteiger partial charge >= 0.3 is 5.97 Å². The van der Waals surface area contributed by atoms with Crippen LogP contribution in [0.3, 0.4) is 0 Å². The molecule has 22 heavy (non-hydrogen) atoms. The molecule has 1 rings (SSSR count). The van der Waals surface area contributed by atoms with Gasteiger partial charge in [-0.3, -0.25) is 0 Å². The Labute approximate surface area is 133 Å². The van der Waals surface area contributed by atoms with Crippen molar-refractivity contribution in [1.82, 2.24) is 0 Å². The molecule has 0 heterocycles. The maximum absolute atomic E-state index is 11.6. The second kappa shape index (κ2) is 11.8. The van der Waals surface area contributed by atoms with Crippen molar-refractivity contribution in [3.8, 4) is 0 Å². The zero-order valence-corrected chi connectivity index (χ0v) is 13.5. The third-order valence-electron chi connectivity index (χ3n) is 3.65. The van der Waals surface area contributed by atoms with Gasteiger partial charge in [-0.1, -0.05) is 44.2 Å². The summed E-state index contributed by atoms with van der Waals surface area (Å²) in [5, 5.41) is 3.31. The van der Waals surface area contributed by atoms with Crippen LogP contribution in [0.5, 0.6) is 0 Å². The van der Waals surface area contributed by atoms with Crippen LogP contribution in [0.2, 0.25) is 0 Å².